The fourth-order valence-electron chi connectivity index (χ4n) is 1.97. The largest absolute Gasteiger partial charge is 0.465 e. The lowest BCUT2D eigenvalue weighted by atomic mass is 10.2. The number of H-pyrrole nitrogens is 1. The highest BCUT2D eigenvalue weighted by Gasteiger charge is 2.13. The van der Waals surface area contributed by atoms with Gasteiger partial charge in [-0.1, -0.05) is 0 Å². The van der Waals surface area contributed by atoms with E-state index in [-0.39, 0.29) is 11.6 Å². The molecular formula is C13H13N5O2. The number of nitrogens with zero attached hydrogens (tertiary/aromatic N) is 4. The van der Waals surface area contributed by atoms with Crippen molar-refractivity contribution in [2.45, 2.75) is 6.92 Å². The molecule has 0 aliphatic rings. The Hall–Kier alpha value is -2.70. The Labute approximate surface area is 114 Å². The van der Waals surface area contributed by atoms with Crippen LogP contribution < -0.4 is 10.3 Å². The van der Waals surface area contributed by atoms with Crippen LogP contribution in [0.4, 0.5) is 0 Å². The number of ether oxygens (including phenoxy) is 1. The maximum Gasteiger partial charge on any atom is 0.297 e. The summed E-state index contributed by atoms with van der Waals surface area (Å²) in [6, 6.07) is 1.82. The summed E-state index contributed by atoms with van der Waals surface area (Å²) in [7, 11) is 1.87. The molecule has 20 heavy (non-hydrogen) atoms. The number of hydrogen-bond acceptors (Lipinski definition) is 5. The van der Waals surface area contributed by atoms with Crippen molar-refractivity contribution in [1.82, 2.24) is 24.5 Å². The summed E-state index contributed by atoms with van der Waals surface area (Å²) in [5.74, 6) is 0. The van der Waals surface area contributed by atoms with Crippen LogP contribution in [0.2, 0.25) is 0 Å². The minimum absolute atomic E-state index is 0.190. The third kappa shape index (κ3) is 2.03. The van der Waals surface area contributed by atoms with E-state index in [1.807, 2.05) is 24.7 Å². The molecule has 0 fully saturated rings. The summed E-state index contributed by atoms with van der Waals surface area (Å²) in [6.45, 7) is 2.25. The molecule has 0 unspecified atom stereocenters. The van der Waals surface area contributed by atoms with Gasteiger partial charge in [-0.25, -0.2) is 4.98 Å². The summed E-state index contributed by atoms with van der Waals surface area (Å²) >= 11 is 0. The number of hydrogen-bond donors (Lipinski definition) is 1. The van der Waals surface area contributed by atoms with Gasteiger partial charge in [0, 0.05) is 19.4 Å². The lowest BCUT2D eigenvalue weighted by molar-refractivity contribution is 0.313. The molecule has 0 radical (unpaired) electrons. The van der Waals surface area contributed by atoms with Gasteiger partial charge in [-0.05, 0) is 13.0 Å². The molecule has 0 saturated carbocycles. The van der Waals surface area contributed by atoms with Crippen molar-refractivity contribution >= 4 is 10.9 Å². The smallest absolute Gasteiger partial charge is 0.297 e. The zero-order valence-corrected chi connectivity index (χ0v) is 11.1. The number of fused-ring (bicyclic) bond motifs is 1. The van der Waals surface area contributed by atoms with Crippen LogP contribution in [0.25, 0.3) is 22.3 Å². The Kier molecular flexibility index (Phi) is 2.94. The second-order valence-electron chi connectivity index (χ2n) is 4.28. The molecule has 0 amide bonds. The molecule has 0 bridgehead atoms. The van der Waals surface area contributed by atoms with E-state index in [4.69, 9.17) is 4.74 Å². The summed E-state index contributed by atoms with van der Waals surface area (Å²) in [4.78, 5) is 27.5. The monoisotopic (exact) mass is 271 g/mol. The standard InChI is InChI=1S/C13H13N5O2/c1-3-20-13-16-10-8(12(19)17-13)4-5-14-11(10)9-6-18(2)7-15-9/h4-7H,3H2,1-2H3,(H,16,17,19). The third-order valence-electron chi connectivity index (χ3n) is 2.83. The van der Waals surface area contributed by atoms with Gasteiger partial charge in [-0.2, -0.15) is 4.98 Å². The van der Waals surface area contributed by atoms with Crippen LogP contribution in [0.1, 0.15) is 6.92 Å². The van der Waals surface area contributed by atoms with E-state index in [0.29, 0.717) is 28.9 Å². The first-order valence-electron chi connectivity index (χ1n) is 6.19. The molecule has 7 heteroatoms. The van der Waals surface area contributed by atoms with Crippen LogP contribution in [0.15, 0.2) is 29.6 Å². The normalized spacial score (nSPS) is 10.9. The van der Waals surface area contributed by atoms with Gasteiger partial charge in [0.15, 0.2) is 0 Å². The van der Waals surface area contributed by atoms with E-state index in [2.05, 4.69) is 19.9 Å². The van der Waals surface area contributed by atoms with Crippen LogP contribution in [0, 0.1) is 0 Å². The van der Waals surface area contributed by atoms with Gasteiger partial charge in [-0.15, -0.1) is 0 Å². The highest BCUT2D eigenvalue weighted by atomic mass is 16.5. The fraction of sp³-hybridized carbons (Fsp3) is 0.231. The second-order valence-corrected chi connectivity index (χ2v) is 4.28. The van der Waals surface area contributed by atoms with Crippen molar-refractivity contribution in [2.75, 3.05) is 6.61 Å². The highest BCUT2D eigenvalue weighted by Crippen LogP contribution is 2.22. The van der Waals surface area contributed by atoms with Gasteiger partial charge in [-0.3, -0.25) is 14.8 Å². The molecule has 0 saturated heterocycles. The number of nitrogens with one attached hydrogen (secondary N) is 1. The Morgan fingerprint density at radius 1 is 1.40 bits per heavy atom. The van der Waals surface area contributed by atoms with Gasteiger partial charge < -0.3 is 9.30 Å². The zero-order valence-electron chi connectivity index (χ0n) is 11.1. The first-order chi connectivity index (χ1) is 9.69. The number of aromatic nitrogens is 5. The summed E-state index contributed by atoms with van der Waals surface area (Å²) in [5, 5.41) is 0.462. The molecule has 0 aromatic carbocycles. The van der Waals surface area contributed by atoms with Crippen LogP contribution in [0.5, 0.6) is 6.01 Å². The van der Waals surface area contributed by atoms with E-state index in [1.54, 1.807) is 18.6 Å². The van der Waals surface area contributed by atoms with Gasteiger partial charge in [0.05, 0.1) is 18.3 Å². The number of aryl methyl sites for hydroxylation is 1. The Bertz CT molecular complexity index is 821. The van der Waals surface area contributed by atoms with Crippen molar-refractivity contribution in [3.05, 3.63) is 35.1 Å². The highest BCUT2D eigenvalue weighted by molar-refractivity contribution is 5.89. The number of imidazole rings is 1. The number of aromatic amines is 1. The average molecular weight is 271 g/mol. The SMILES string of the molecule is CCOc1nc2c(-c3cn(C)cn3)nccc2c(=O)[nH]1. The van der Waals surface area contributed by atoms with Crippen molar-refractivity contribution in [3.63, 3.8) is 0 Å². The molecule has 3 aromatic rings. The Morgan fingerprint density at radius 2 is 2.25 bits per heavy atom. The van der Waals surface area contributed by atoms with Gasteiger partial charge in [0.25, 0.3) is 11.6 Å². The molecule has 1 N–H and O–H groups in total. The summed E-state index contributed by atoms with van der Waals surface area (Å²) in [5.41, 5.74) is 1.46. The van der Waals surface area contributed by atoms with Crippen LogP contribution in [0.3, 0.4) is 0 Å². The van der Waals surface area contributed by atoms with Crippen molar-refractivity contribution in [3.8, 4) is 17.4 Å². The molecule has 0 atom stereocenters. The van der Waals surface area contributed by atoms with E-state index >= 15 is 0 Å². The minimum atomic E-state index is -0.252. The summed E-state index contributed by atoms with van der Waals surface area (Å²) in [6.07, 6.45) is 5.07. The van der Waals surface area contributed by atoms with Crippen LogP contribution in [-0.4, -0.2) is 31.1 Å². The second kappa shape index (κ2) is 4.76. The van der Waals surface area contributed by atoms with E-state index in [0.717, 1.165) is 0 Å². The van der Waals surface area contributed by atoms with Crippen LogP contribution in [-0.2, 0) is 7.05 Å². The van der Waals surface area contributed by atoms with Crippen molar-refractivity contribution < 1.29 is 4.74 Å². The third-order valence-corrected chi connectivity index (χ3v) is 2.83. The van der Waals surface area contributed by atoms with E-state index < -0.39 is 0 Å². The maximum absolute atomic E-state index is 12.0. The molecule has 3 heterocycles. The fourth-order valence-corrected chi connectivity index (χ4v) is 1.97. The quantitative estimate of drug-likeness (QED) is 0.771. The topological polar surface area (TPSA) is 85.7 Å². The van der Waals surface area contributed by atoms with Crippen LogP contribution >= 0.6 is 0 Å². The maximum atomic E-state index is 12.0. The molecule has 102 valence electrons. The van der Waals surface area contributed by atoms with E-state index in [1.165, 1.54) is 0 Å². The molecule has 0 aliphatic heterocycles. The summed E-state index contributed by atoms with van der Waals surface area (Å²) < 4.78 is 7.08. The Balaban J connectivity index is 2.29. The van der Waals surface area contributed by atoms with Gasteiger partial charge in [0.1, 0.15) is 16.9 Å². The average Bonchev–Trinajstić information content (AvgIpc) is 2.85. The molecule has 3 aromatic heterocycles. The Morgan fingerprint density at radius 3 is 2.95 bits per heavy atom. The molecule has 3 rings (SSSR count). The van der Waals surface area contributed by atoms with Crippen molar-refractivity contribution in [2.24, 2.45) is 7.05 Å². The molecule has 7 nitrogen and oxygen atoms in total. The van der Waals surface area contributed by atoms with Gasteiger partial charge in [0.2, 0.25) is 0 Å². The lowest BCUT2D eigenvalue weighted by Gasteiger charge is -2.05. The van der Waals surface area contributed by atoms with Crippen molar-refractivity contribution in [1.29, 1.82) is 0 Å². The molecular weight excluding hydrogens is 258 g/mol. The van der Waals surface area contributed by atoms with E-state index in [9.17, 15) is 4.79 Å². The number of rotatable bonds is 3. The minimum Gasteiger partial charge on any atom is -0.465 e. The first kappa shape index (κ1) is 12.3. The zero-order chi connectivity index (χ0) is 14.1. The predicted octanol–water partition coefficient (Wildman–Crippen LogP) is 1.12. The lowest BCUT2D eigenvalue weighted by Crippen LogP contribution is -2.11. The predicted molar refractivity (Wildman–Crippen MR) is 73.5 cm³/mol. The number of pyridine rings is 1. The first-order valence-corrected chi connectivity index (χ1v) is 6.19. The van der Waals surface area contributed by atoms with Gasteiger partial charge >= 0.3 is 0 Å². The molecule has 0 aliphatic carbocycles. The molecule has 0 spiro atoms.